The molecule has 0 spiro atoms. The van der Waals surface area contributed by atoms with Crippen molar-refractivity contribution in [3.8, 4) is 0 Å². The number of amides is 2. The molecule has 3 unspecified atom stereocenters. The van der Waals surface area contributed by atoms with Crippen molar-refractivity contribution in [2.24, 2.45) is 5.92 Å². The Morgan fingerprint density at radius 2 is 1.58 bits per heavy atom. The van der Waals surface area contributed by atoms with Crippen LogP contribution in [0, 0.1) is 5.92 Å². The second kappa shape index (κ2) is 12.4. The number of carbonyl (C=O) groups excluding carboxylic acids is 3. The molecule has 3 fully saturated rings. The number of nitrogens with one attached hydrogen (secondary N) is 1. The SMILES string of the molecule is CC(CNC(=O)CCC1CCCO1)OC(=O)C1CCN(C(=O)CCC2CCCO2)CC1. The molecule has 3 aliphatic rings. The quantitative estimate of drug-likeness (QED) is 0.526. The zero-order valence-electron chi connectivity index (χ0n) is 18.8. The summed E-state index contributed by atoms with van der Waals surface area (Å²) in [7, 11) is 0. The molecule has 0 aliphatic carbocycles. The van der Waals surface area contributed by atoms with Crippen LogP contribution in [0.2, 0.25) is 0 Å². The maximum Gasteiger partial charge on any atom is 0.309 e. The van der Waals surface area contributed by atoms with Gasteiger partial charge in [0.1, 0.15) is 6.10 Å². The Balaban J connectivity index is 1.26. The molecule has 0 bridgehead atoms. The lowest BCUT2D eigenvalue weighted by Gasteiger charge is -2.31. The molecule has 0 aromatic carbocycles. The Kier molecular flexibility index (Phi) is 9.58. The topological polar surface area (TPSA) is 94.2 Å². The first-order valence-electron chi connectivity index (χ1n) is 12.0. The Morgan fingerprint density at radius 1 is 0.968 bits per heavy atom. The first kappa shape index (κ1) is 24.0. The summed E-state index contributed by atoms with van der Waals surface area (Å²) in [5.41, 5.74) is 0. The Bertz CT molecular complexity index is 593. The van der Waals surface area contributed by atoms with Gasteiger partial charge in [-0.05, 0) is 58.3 Å². The maximum absolute atomic E-state index is 12.5. The normalized spacial score (nSPS) is 25.4. The molecule has 2 amide bonds. The highest BCUT2D eigenvalue weighted by Crippen LogP contribution is 2.22. The first-order chi connectivity index (χ1) is 15.0. The maximum atomic E-state index is 12.5. The number of nitrogens with zero attached hydrogens (tertiary/aromatic N) is 1. The van der Waals surface area contributed by atoms with E-state index in [9.17, 15) is 14.4 Å². The summed E-state index contributed by atoms with van der Waals surface area (Å²) in [6, 6.07) is 0. The minimum absolute atomic E-state index is 0.0341. The number of piperidine rings is 1. The second-order valence-electron chi connectivity index (χ2n) is 9.05. The van der Waals surface area contributed by atoms with Crippen LogP contribution in [-0.2, 0) is 28.6 Å². The van der Waals surface area contributed by atoms with Gasteiger partial charge >= 0.3 is 5.97 Å². The van der Waals surface area contributed by atoms with Gasteiger partial charge in [0.25, 0.3) is 0 Å². The van der Waals surface area contributed by atoms with E-state index in [2.05, 4.69) is 5.32 Å². The van der Waals surface area contributed by atoms with Gasteiger partial charge < -0.3 is 24.4 Å². The molecule has 0 aromatic heterocycles. The van der Waals surface area contributed by atoms with Gasteiger partial charge in [-0.25, -0.2) is 0 Å². The van der Waals surface area contributed by atoms with E-state index in [1.165, 1.54) is 0 Å². The zero-order chi connectivity index (χ0) is 22.1. The van der Waals surface area contributed by atoms with E-state index in [1.807, 2.05) is 4.90 Å². The van der Waals surface area contributed by atoms with Crippen molar-refractivity contribution >= 4 is 17.8 Å². The van der Waals surface area contributed by atoms with Crippen LogP contribution >= 0.6 is 0 Å². The molecule has 0 aromatic rings. The van der Waals surface area contributed by atoms with Crippen LogP contribution in [0.3, 0.4) is 0 Å². The van der Waals surface area contributed by atoms with Gasteiger partial charge in [0, 0.05) is 39.1 Å². The van der Waals surface area contributed by atoms with Gasteiger partial charge in [0.15, 0.2) is 0 Å². The predicted octanol–water partition coefficient (Wildman–Crippen LogP) is 2.19. The fourth-order valence-corrected chi connectivity index (χ4v) is 4.53. The lowest BCUT2D eigenvalue weighted by Crippen LogP contribution is -2.42. The van der Waals surface area contributed by atoms with E-state index < -0.39 is 0 Å². The van der Waals surface area contributed by atoms with Crippen LogP contribution in [0.1, 0.15) is 71.1 Å². The first-order valence-corrected chi connectivity index (χ1v) is 12.0. The second-order valence-corrected chi connectivity index (χ2v) is 9.05. The summed E-state index contributed by atoms with van der Waals surface area (Å²) < 4.78 is 16.6. The molecule has 3 atom stereocenters. The van der Waals surface area contributed by atoms with Crippen molar-refractivity contribution < 1.29 is 28.6 Å². The van der Waals surface area contributed by atoms with E-state index in [0.29, 0.717) is 45.3 Å². The summed E-state index contributed by atoms with van der Waals surface area (Å²) >= 11 is 0. The monoisotopic (exact) mass is 438 g/mol. The fourth-order valence-electron chi connectivity index (χ4n) is 4.53. The molecule has 0 radical (unpaired) electrons. The van der Waals surface area contributed by atoms with Crippen molar-refractivity contribution in [1.82, 2.24) is 10.2 Å². The third kappa shape index (κ3) is 8.07. The minimum Gasteiger partial charge on any atom is -0.461 e. The minimum atomic E-state index is -0.370. The fraction of sp³-hybridized carbons (Fsp3) is 0.870. The highest BCUT2D eigenvalue weighted by Gasteiger charge is 2.29. The highest BCUT2D eigenvalue weighted by molar-refractivity contribution is 5.77. The molecule has 31 heavy (non-hydrogen) atoms. The molecule has 1 N–H and O–H groups in total. The Morgan fingerprint density at radius 3 is 2.16 bits per heavy atom. The lowest BCUT2D eigenvalue weighted by atomic mass is 9.96. The number of hydrogen-bond acceptors (Lipinski definition) is 6. The summed E-state index contributed by atoms with van der Waals surface area (Å²) in [6.45, 7) is 4.90. The average Bonchev–Trinajstić information content (AvgIpc) is 3.49. The van der Waals surface area contributed by atoms with Crippen LogP contribution in [-0.4, -0.2) is 73.8 Å². The van der Waals surface area contributed by atoms with Crippen molar-refractivity contribution in [3.63, 3.8) is 0 Å². The van der Waals surface area contributed by atoms with Crippen LogP contribution in [0.5, 0.6) is 0 Å². The third-order valence-corrected chi connectivity index (χ3v) is 6.51. The molecule has 176 valence electrons. The molecule has 8 heteroatoms. The molecule has 3 saturated heterocycles. The summed E-state index contributed by atoms with van der Waals surface area (Å²) in [4.78, 5) is 38.7. The van der Waals surface area contributed by atoms with Crippen molar-refractivity contribution in [3.05, 3.63) is 0 Å². The van der Waals surface area contributed by atoms with Crippen LogP contribution in [0.15, 0.2) is 0 Å². The number of esters is 1. The van der Waals surface area contributed by atoms with E-state index in [0.717, 1.165) is 51.7 Å². The third-order valence-electron chi connectivity index (χ3n) is 6.51. The summed E-state index contributed by atoms with van der Waals surface area (Å²) in [5, 5.41) is 2.84. The molecule has 3 aliphatic heterocycles. The van der Waals surface area contributed by atoms with Gasteiger partial charge in [0.05, 0.1) is 24.7 Å². The van der Waals surface area contributed by atoms with E-state index in [-0.39, 0.29) is 42.0 Å². The standard InChI is InChI=1S/C23H38N2O6/c1-17(16-24-21(26)8-6-19-4-2-14-29-19)31-23(28)18-10-12-25(13-11-18)22(27)9-7-20-5-3-15-30-20/h17-20H,2-16H2,1H3,(H,24,26). The van der Waals surface area contributed by atoms with Crippen molar-refractivity contribution in [2.75, 3.05) is 32.8 Å². The largest absolute Gasteiger partial charge is 0.461 e. The molecular weight excluding hydrogens is 400 g/mol. The van der Waals surface area contributed by atoms with Crippen LogP contribution in [0.4, 0.5) is 0 Å². The van der Waals surface area contributed by atoms with Crippen molar-refractivity contribution in [1.29, 1.82) is 0 Å². The van der Waals surface area contributed by atoms with E-state index >= 15 is 0 Å². The number of hydrogen-bond donors (Lipinski definition) is 1. The molecule has 0 saturated carbocycles. The molecule has 3 rings (SSSR count). The van der Waals surface area contributed by atoms with Gasteiger partial charge in [-0.3, -0.25) is 14.4 Å². The van der Waals surface area contributed by atoms with E-state index in [4.69, 9.17) is 14.2 Å². The number of ether oxygens (including phenoxy) is 3. The lowest BCUT2D eigenvalue weighted by molar-refractivity contribution is -0.156. The molecule has 8 nitrogen and oxygen atoms in total. The molecular formula is C23H38N2O6. The van der Waals surface area contributed by atoms with Crippen LogP contribution in [0.25, 0.3) is 0 Å². The Hall–Kier alpha value is -1.67. The van der Waals surface area contributed by atoms with Crippen LogP contribution < -0.4 is 5.32 Å². The van der Waals surface area contributed by atoms with Gasteiger partial charge in [-0.1, -0.05) is 0 Å². The number of rotatable bonds is 10. The van der Waals surface area contributed by atoms with Gasteiger partial charge in [0.2, 0.25) is 11.8 Å². The predicted molar refractivity (Wildman–Crippen MR) is 114 cm³/mol. The van der Waals surface area contributed by atoms with Gasteiger partial charge in [-0.15, -0.1) is 0 Å². The van der Waals surface area contributed by atoms with Crippen molar-refractivity contribution in [2.45, 2.75) is 89.4 Å². The smallest absolute Gasteiger partial charge is 0.309 e. The highest BCUT2D eigenvalue weighted by atomic mass is 16.5. The molecule has 3 heterocycles. The Labute approximate surface area is 185 Å². The zero-order valence-corrected chi connectivity index (χ0v) is 18.8. The summed E-state index contributed by atoms with van der Waals surface area (Å²) in [6.07, 6.45) is 8.04. The average molecular weight is 439 g/mol. The number of carbonyl (C=O) groups is 3. The summed E-state index contributed by atoms with van der Waals surface area (Å²) in [5.74, 6) is -0.290. The van der Waals surface area contributed by atoms with E-state index in [1.54, 1.807) is 6.92 Å². The van der Waals surface area contributed by atoms with Gasteiger partial charge in [-0.2, -0.15) is 0 Å². The number of likely N-dealkylation sites (tertiary alicyclic amines) is 1.